The fourth-order valence-electron chi connectivity index (χ4n) is 2.91. The van der Waals surface area contributed by atoms with E-state index in [1.54, 1.807) is 36.4 Å². The van der Waals surface area contributed by atoms with E-state index in [0.717, 1.165) is 0 Å². The highest BCUT2D eigenvalue weighted by Crippen LogP contribution is 2.40. The predicted molar refractivity (Wildman–Crippen MR) is 123 cm³/mol. The molecule has 32 heavy (non-hydrogen) atoms. The first-order valence-electron chi connectivity index (χ1n) is 9.19. The summed E-state index contributed by atoms with van der Waals surface area (Å²) in [7, 11) is 0.823. The van der Waals surface area contributed by atoms with E-state index in [4.69, 9.17) is 31.0 Å². The van der Waals surface area contributed by atoms with Gasteiger partial charge in [-0.1, -0.05) is 29.8 Å². The lowest BCUT2D eigenvalue weighted by Crippen LogP contribution is -2.15. The van der Waals surface area contributed by atoms with Crippen molar-refractivity contribution in [1.82, 2.24) is 9.97 Å². The van der Waals surface area contributed by atoms with Crippen molar-refractivity contribution in [1.29, 1.82) is 0 Å². The maximum atomic E-state index is 11.5. The van der Waals surface area contributed by atoms with Gasteiger partial charge in [0.05, 0.1) is 33.3 Å². The van der Waals surface area contributed by atoms with Gasteiger partial charge in [0.1, 0.15) is 5.02 Å². The summed E-state index contributed by atoms with van der Waals surface area (Å²) >= 11 is 6.25. The number of nitrogens with one attached hydrogen (secondary N) is 2. The molecule has 0 saturated heterocycles. The van der Waals surface area contributed by atoms with Crippen LogP contribution in [0.1, 0.15) is 5.56 Å². The quantitative estimate of drug-likeness (QED) is 0.421. The van der Waals surface area contributed by atoms with Crippen LogP contribution < -0.4 is 30.0 Å². The number of methoxy groups -OCH3 is 3. The molecule has 0 aliphatic heterocycles. The Morgan fingerprint density at radius 1 is 1.03 bits per heavy atom. The number of nitrogens with zero attached hydrogens (tertiary/aromatic N) is 2. The molecular formula is C20H22ClN5O5S. The van der Waals surface area contributed by atoms with Crippen LogP contribution in [0, 0.1) is 0 Å². The Hall–Kier alpha value is -3.28. The molecule has 10 nitrogen and oxygen atoms in total. The molecular weight excluding hydrogens is 458 g/mol. The van der Waals surface area contributed by atoms with E-state index < -0.39 is 10.0 Å². The summed E-state index contributed by atoms with van der Waals surface area (Å²) in [5, 5.41) is 11.5. The molecule has 3 aromatic rings. The Morgan fingerprint density at radius 3 is 2.28 bits per heavy atom. The number of hydrogen-bond acceptors (Lipinski definition) is 9. The molecule has 1 heterocycles. The molecule has 0 amide bonds. The number of sulfonamides is 1. The van der Waals surface area contributed by atoms with Crippen molar-refractivity contribution in [2.24, 2.45) is 5.14 Å². The van der Waals surface area contributed by atoms with Gasteiger partial charge in [-0.15, -0.1) is 0 Å². The third-order valence-corrected chi connectivity index (χ3v) is 5.28. The number of benzene rings is 2. The number of ether oxygens (including phenoxy) is 3. The first-order chi connectivity index (χ1) is 15.2. The highest BCUT2D eigenvalue weighted by molar-refractivity contribution is 7.88. The van der Waals surface area contributed by atoms with Crippen LogP contribution in [0.4, 0.5) is 23.1 Å². The number of hydrogen-bond donors (Lipinski definition) is 3. The number of primary sulfonamides is 1. The summed E-state index contributed by atoms with van der Waals surface area (Å²) in [5.74, 6) is 1.53. The zero-order chi connectivity index (χ0) is 23.3. The first-order valence-corrected chi connectivity index (χ1v) is 11.3. The first kappa shape index (κ1) is 23.4. The predicted octanol–water partition coefficient (Wildman–Crippen LogP) is 3.43. The molecule has 170 valence electrons. The van der Waals surface area contributed by atoms with Crippen molar-refractivity contribution in [3.8, 4) is 17.2 Å². The van der Waals surface area contributed by atoms with Gasteiger partial charge in [0, 0.05) is 23.5 Å². The van der Waals surface area contributed by atoms with Gasteiger partial charge in [-0.25, -0.2) is 18.5 Å². The summed E-state index contributed by atoms with van der Waals surface area (Å²) in [6, 6.07) is 10.2. The average Bonchev–Trinajstić information content (AvgIpc) is 2.75. The normalized spacial score (nSPS) is 11.0. The second-order valence-electron chi connectivity index (χ2n) is 6.52. The van der Waals surface area contributed by atoms with Gasteiger partial charge in [0.25, 0.3) is 0 Å². The zero-order valence-electron chi connectivity index (χ0n) is 17.5. The van der Waals surface area contributed by atoms with Gasteiger partial charge in [-0.3, -0.25) is 0 Å². The highest BCUT2D eigenvalue weighted by Gasteiger charge is 2.15. The van der Waals surface area contributed by atoms with Gasteiger partial charge in [-0.2, -0.15) is 4.98 Å². The number of anilines is 4. The van der Waals surface area contributed by atoms with E-state index in [1.807, 2.05) is 0 Å². The number of aromatic nitrogens is 2. The second kappa shape index (κ2) is 9.90. The smallest absolute Gasteiger partial charge is 0.229 e. The summed E-state index contributed by atoms with van der Waals surface area (Å²) in [6.07, 6.45) is 1.42. The molecule has 0 atom stereocenters. The van der Waals surface area contributed by atoms with Crippen LogP contribution in [0.2, 0.25) is 5.02 Å². The molecule has 4 N–H and O–H groups in total. The van der Waals surface area contributed by atoms with E-state index in [0.29, 0.717) is 34.2 Å². The van der Waals surface area contributed by atoms with Gasteiger partial charge < -0.3 is 24.8 Å². The van der Waals surface area contributed by atoms with Gasteiger partial charge in [0.2, 0.25) is 21.7 Å². The van der Waals surface area contributed by atoms with Crippen LogP contribution in [0.15, 0.2) is 42.6 Å². The topological polar surface area (TPSA) is 138 Å². The van der Waals surface area contributed by atoms with E-state index >= 15 is 0 Å². The lowest BCUT2D eigenvalue weighted by atomic mass is 10.2. The third kappa shape index (κ3) is 5.69. The molecule has 0 unspecified atom stereocenters. The monoisotopic (exact) mass is 479 g/mol. The molecule has 0 saturated carbocycles. The minimum atomic E-state index is -3.72. The molecule has 0 aliphatic rings. The lowest BCUT2D eigenvalue weighted by molar-refractivity contribution is 0.324. The number of para-hydroxylation sites is 1. The molecule has 0 fully saturated rings. The number of halogens is 1. The molecule has 0 spiro atoms. The van der Waals surface area contributed by atoms with Crippen LogP contribution in [-0.4, -0.2) is 39.7 Å². The third-order valence-electron chi connectivity index (χ3n) is 4.29. The minimum absolute atomic E-state index is 0.232. The lowest BCUT2D eigenvalue weighted by Gasteiger charge is -2.15. The average molecular weight is 480 g/mol. The fraction of sp³-hybridized carbons (Fsp3) is 0.200. The van der Waals surface area contributed by atoms with Crippen molar-refractivity contribution < 1.29 is 22.6 Å². The Balaban J connectivity index is 1.91. The maximum absolute atomic E-state index is 11.5. The number of rotatable bonds is 9. The standard InChI is InChI=1S/C20H22ClN5O5S/c1-29-16-8-13(9-17(30-2)18(16)31-3)24-20-23-10-14(21)19(26-20)25-15-7-5-4-6-12(15)11-32(22,27)28/h4-10H,11H2,1-3H3,(H2,22,27,28)(H2,23,24,25,26). The molecule has 3 rings (SSSR count). The summed E-state index contributed by atoms with van der Waals surface area (Å²) in [5.41, 5.74) is 1.56. The summed E-state index contributed by atoms with van der Waals surface area (Å²) in [6.45, 7) is 0. The van der Waals surface area contributed by atoms with Gasteiger partial charge in [-0.05, 0) is 11.6 Å². The zero-order valence-corrected chi connectivity index (χ0v) is 19.1. The molecule has 0 bridgehead atoms. The summed E-state index contributed by atoms with van der Waals surface area (Å²) in [4.78, 5) is 8.58. The van der Waals surface area contributed by atoms with E-state index in [-0.39, 0.29) is 22.5 Å². The molecule has 12 heteroatoms. The fourth-order valence-corrected chi connectivity index (χ4v) is 3.73. The molecule has 0 radical (unpaired) electrons. The number of nitrogens with two attached hydrogens (primary N) is 1. The van der Waals surface area contributed by atoms with Gasteiger partial charge in [0.15, 0.2) is 17.3 Å². The minimum Gasteiger partial charge on any atom is -0.493 e. The maximum Gasteiger partial charge on any atom is 0.229 e. The van der Waals surface area contributed by atoms with Crippen molar-refractivity contribution in [2.75, 3.05) is 32.0 Å². The molecule has 0 aliphatic carbocycles. The van der Waals surface area contributed by atoms with Crippen LogP contribution in [0.3, 0.4) is 0 Å². The van der Waals surface area contributed by atoms with E-state index in [2.05, 4.69) is 20.6 Å². The molecule has 1 aromatic heterocycles. The Bertz CT molecular complexity index is 1200. The SMILES string of the molecule is COc1cc(Nc2ncc(Cl)c(Nc3ccccc3CS(N)(=O)=O)n2)cc(OC)c1OC. The Kier molecular flexibility index (Phi) is 7.23. The van der Waals surface area contributed by atoms with Crippen LogP contribution in [0.5, 0.6) is 17.2 Å². The highest BCUT2D eigenvalue weighted by atomic mass is 35.5. The van der Waals surface area contributed by atoms with Crippen LogP contribution in [-0.2, 0) is 15.8 Å². The van der Waals surface area contributed by atoms with Crippen molar-refractivity contribution in [3.63, 3.8) is 0 Å². The van der Waals surface area contributed by atoms with Crippen molar-refractivity contribution in [3.05, 3.63) is 53.2 Å². The van der Waals surface area contributed by atoms with Crippen molar-refractivity contribution in [2.45, 2.75) is 5.75 Å². The van der Waals surface area contributed by atoms with E-state index in [1.165, 1.54) is 27.5 Å². The second-order valence-corrected chi connectivity index (χ2v) is 8.54. The Labute approximate surface area is 190 Å². The van der Waals surface area contributed by atoms with Gasteiger partial charge >= 0.3 is 0 Å². The van der Waals surface area contributed by atoms with Crippen LogP contribution in [0.25, 0.3) is 0 Å². The largest absolute Gasteiger partial charge is 0.493 e. The van der Waals surface area contributed by atoms with Crippen LogP contribution >= 0.6 is 11.6 Å². The van der Waals surface area contributed by atoms with Crippen molar-refractivity contribution >= 4 is 44.8 Å². The van der Waals surface area contributed by atoms with E-state index in [9.17, 15) is 8.42 Å². The molecule has 2 aromatic carbocycles. The Morgan fingerprint density at radius 2 is 1.69 bits per heavy atom. The summed E-state index contributed by atoms with van der Waals surface area (Å²) < 4.78 is 39.1.